The Labute approximate surface area is 120 Å². The number of hydrogen-bond acceptors (Lipinski definition) is 3. The van der Waals surface area contributed by atoms with Crippen LogP contribution in [0.2, 0.25) is 0 Å². The topological polar surface area (TPSA) is 42.4 Å². The van der Waals surface area contributed by atoms with Crippen LogP contribution < -0.4 is 4.74 Å². The highest BCUT2D eigenvalue weighted by Crippen LogP contribution is 2.28. The molecular weight excluding hydrogens is 283 g/mol. The van der Waals surface area contributed by atoms with Crippen molar-refractivity contribution in [1.82, 2.24) is 4.98 Å². The maximum atomic E-state index is 12.2. The number of nitrogens with zero attached hydrogens (tertiary/aromatic N) is 1. The maximum Gasteiger partial charge on any atom is 0.573 e. The van der Waals surface area contributed by atoms with Gasteiger partial charge >= 0.3 is 6.36 Å². The van der Waals surface area contributed by atoms with Gasteiger partial charge in [-0.05, 0) is 42.7 Å². The Bertz CT molecular complexity index is 641. The first-order chi connectivity index (χ1) is 9.76. The van der Waals surface area contributed by atoms with Crippen LogP contribution in [0.15, 0.2) is 36.5 Å². The van der Waals surface area contributed by atoms with Crippen molar-refractivity contribution in [3.05, 3.63) is 58.9 Å². The molecular formula is C15H14F3NO2. The molecule has 0 aliphatic carbocycles. The second-order valence-electron chi connectivity index (χ2n) is 4.74. The number of aryl methyl sites for hydroxylation is 2. The fourth-order valence-electron chi connectivity index (χ4n) is 2.05. The Hall–Kier alpha value is -2.08. The standard InChI is InChI=1S/C15H14F3NO2/c1-9-6-10(2)13(19-8-9)14(20)11-4-3-5-12(7-11)21-15(16,17)18/h3-8,14,20H,1-2H3. The first-order valence-corrected chi connectivity index (χ1v) is 6.23. The minimum Gasteiger partial charge on any atom is -0.406 e. The van der Waals surface area contributed by atoms with E-state index in [2.05, 4.69) is 9.72 Å². The molecule has 0 radical (unpaired) electrons. The Morgan fingerprint density at radius 1 is 1.19 bits per heavy atom. The van der Waals surface area contributed by atoms with Gasteiger partial charge in [-0.2, -0.15) is 0 Å². The molecule has 0 amide bonds. The second-order valence-corrected chi connectivity index (χ2v) is 4.74. The van der Waals surface area contributed by atoms with Crippen LogP contribution in [0.25, 0.3) is 0 Å². The quantitative estimate of drug-likeness (QED) is 0.939. The predicted molar refractivity (Wildman–Crippen MR) is 70.9 cm³/mol. The third-order valence-electron chi connectivity index (χ3n) is 2.92. The van der Waals surface area contributed by atoms with Gasteiger partial charge < -0.3 is 9.84 Å². The number of pyridine rings is 1. The lowest BCUT2D eigenvalue weighted by atomic mass is 10.0. The molecule has 0 fully saturated rings. The molecule has 1 heterocycles. The van der Waals surface area contributed by atoms with Crippen molar-refractivity contribution in [1.29, 1.82) is 0 Å². The van der Waals surface area contributed by atoms with E-state index in [0.717, 1.165) is 17.2 Å². The molecule has 6 heteroatoms. The molecule has 0 aliphatic heterocycles. The van der Waals surface area contributed by atoms with E-state index >= 15 is 0 Å². The zero-order chi connectivity index (χ0) is 15.6. The van der Waals surface area contributed by atoms with Crippen molar-refractivity contribution in [2.45, 2.75) is 26.3 Å². The van der Waals surface area contributed by atoms with Gasteiger partial charge in [0.1, 0.15) is 11.9 Å². The fraction of sp³-hybridized carbons (Fsp3) is 0.267. The van der Waals surface area contributed by atoms with Gasteiger partial charge in [-0.3, -0.25) is 4.98 Å². The summed E-state index contributed by atoms with van der Waals surface area (Å²) in [5.74, 6) is -0.371. The molecule has 0 saturated heterocycles. The van der Waals surface area contributed by atoms with E-state index in [1.165, 1.54) is 18.2 Å². The number of ether oxygens (including phenoxy) is 1. The number of rotatable bonds is 3. The van der Waals surface area contributed by atoms with Crippen LogP contribution >= 0.6 is 0 Å². The molecule has 0 aliphatic rings. The van der Waals surface area contributed by atoms with Crippen molar-refractivity contribution in [3.8, 4) is 5.75 Å². The van der Waals surface area contributed by atoms with Crippen molar-refractivity contribution in [2.75, 3.05) is 0 Å². The van der Waals surface area contributed by atoms with E-state index < -0.39 is 12.5 Å². The van der Waals surface area contributed by atoms with Crippen molar-refractivity contribution < 1.29 is 23.0 Å². The summed E-state index contributed by atoms with van der Waals surface area (Å²) < 4.78 is 40.5. The lowest BCUT2D eigenvalue weighted by Crippen LogP contribution is -2.17. The Morgan fingerprint density at radius 2 is 1.90 bits per heavy atom. The average Bonchev–Trinajstić information content (AvgIpc) is 2.36. The largest absolute Gasteiger partial charge is 0.573 e. The molecule has 3 nitrogen and oxygen atoms in total. The van der Waals surface area contributed by atoms with Crippen LogP contribution in [-0.4, -0.2) is 16.5 Å². The summed E-state index contributed by atoms with van der Waals surface area (Å²) in [5, 5.41) is 10.3. The number of hydrogen-bond donors (Lipinski definition) is 1. The molecule has 112 valence electrons. The van der Waals surface area contributed by atoms with Crippen molar-refractivity contribution in [3.63, 3.8) is 0 Å². The third kappa shape index (κ3) is 3.95. The highest BCUT2D eigenvalue weighted by Gasteiger charge is 2.31. The van der Waals surface area contributed by atoms with Crippen LogP contribution in [0, 0.1) is 13.8 Å². The molecule has 2 aromatic rings. The number of halogens is 3. The summed E-state index contributed by atoms with van der Waals surface area (Å²) in [6.45, 7) is 3.66. The van der Waals surface area contributed by atoms with E-state index in [1.54, 1.807) is 13.1 Å². The van der Waals surface area contributed by atoms with E-state index in [0.29, 0.717) is 5.69 Å². The number of alkyl halides is 3. The van der Waals surface area contributed by atoms with Crippen LogP contribution in [0.4, 0.5) is 13.2 Å². The van der Waals surface area contributed by atoms with Crippen LogP contribution in [-0.2, 0) is 0 Å². The summed E-state index contributed by atoms with van der Waals surface area (Å²) in [5.41, 5.74) is 2.41. The number of aliphatic hydroxyl groups excluding tert-OH is 1. The van der Waals surface area contributed by atoms with Crippen molar-refractivity contribution in [2.24, 2.45) is 0 Å². The zero-order valence-electron chi connectivity index (χ0n) is 11.5. The molecule has 1 unspecified atom stereocenters. The summed E-state index contributed by atoms with van der Waals surface area (Å²) in [6.07, 6.45) is -4.27. The third-order valence-corrected chi connectivity index (χ3v) is 2.92. The number of aliphatic hydroxyl groups is 1. The molecule has 0 spiro atoms. The molecule has 2 rings (SSSR count). The molecule has 1 aromatic heterocycles. The zero-order valence-corrected chi connectivity index (χ0v) is 11.5. The Kier molecular flexibility index (Phi) is 4.18. The lowest BCUT2D eigenvalue weighted by Gasteiger charge is -2.15. The highest BCUT2D eigenvalue weighted by molar-refractivity contribution is 5.36. The molecule has 0 bridgehead atoms. The smallest absolute Gasteiger partial charge is 0.406 e. The maximum absolute atomic E-state index is 12.2. The first-order valence-electron chi connectivity index (χ1n) is 6.23. The monoisotopic (exact) mass is 297 g/mol. The number of aromatic nitrogens is 1. The van der Waals surface area contributed by atoms with Gasteiger partial charge in [-0.25, -0.2) is 0 Å². The van der Waals surface area contributed by atoms with E-state index in [9.17, 15) is 18.3 Å². The summed E-state index contributed by atoms with van der Waals surface area (Å²) in [6, 6.07) is 7.10. The minimum atomic E-state index is -4.76. The Morgan fingerprint density at radius 3 is 2.52 bits per heavy atom. The van der Waals surface area contributed by atoms with Crippen molar-refractivity contribution >= 4 is 0 Å². The molecule has 21 heavy (non-hydrogen) atoms. The van der Waals surface area contributed by atoms with Gasteiger partial charge in [-0.1, -0.05) is 18.2 Å². The van der Waals surface area contributed by atoms with Gasteiger partial charge in [0.2, 0.25) is 0 Å². The predicted octanol–water partition coefficient (Wildman–Crippen LogP) is 3.68. The summed E-state index contributed by atoms with van der Waals surface area (Å²) in [7, 11) is 0. The molecule has 1 N–H and O–H groups in total. The first kappa shape index (κ1) is 15.3. The van der Waals surface area contributed by atoms with Gasteiger partial charge in [0, 0.05) is 6.20 Å². The van der Waals surface area contributed by atoms with Gasteiger partial charge in [0.05, 0.1) is 5.69 Å². The van der Waals surface area contributed by atoms with E-state index in [1.807, 2.05) is 13.0 Å². The molecule has 1 aromatic carbocycles. The fourth-order valence-corrected chi connectivity index (χ4v) is 2.05. The van der Waals surface area contributed by atoms with Crippen LogP contribution in [0.3, 0.4) is 0 Å². The van der Waals surface area contributed by atoms with E-state index in [4.69, 9.17) is 0 Å². The van der Waals surface area contributed by atoms with Crippen LogP contribution in [0.1, 0.15) is 28.5 Å². The van der Waals surface area contributed by atoms with Gasteiger partial charge in [-0.15, -0.1) is 13.2 Å². The average molecular weight is 297 g/mol. The second kappa shape index (κ2) is 5.73. The summed E-state index contributed by atoms with van der Waals surface area (Å²) in [4.78, 5) is 4.15. The molecule has 0 saturated carbocycles. The van der Waals surface area contributed by atoms with Crippen LogP contribution in [0.5, 0.6) is 5.75 Å². The SMILES string of the molecule is Cc1cnc(C(O)c2cccc(OC(F)(F)F)c2)c(C)c1. The van der Waals surface area contributed by atoms with Gasteiger partial charge in [0.15, 0.2) is 0 Å². The normalized spacial score (nSPS) is 13.0. The lowest BCUT2D eigenvalue weighted by molar-refractivity contribution is -0.274. The highest BCUT2D eigenvalue weighted by atomic mass is 19.4. The van der Waals surface area contributed by atoms with Gasteiger partial charge in [0.25, 0.3) is 0 Å². The molecule has 1 atom stereocenters. The Balaban J connectivity index is 2.31. The van der Waals surface area contributed by atoms with E-state index in [-0.39, 0.29) is 11.3 Å². The minimum absolute atomic E-state index is 0.288. The number of benzene rings is 1. The summed E-state index contributed by atoms with van der Waals surface area (Å²) >= 11 is 0.